The molecule has 0 amide bonds. The molecule has 1 aliphatic heterocycles. The van der Waals surface area contributed by atoms with E-state index in [1.165, 1.54) is 19.5 Å². The fourth-order valence-electron chi connectivity index (χ4n) is 2.97. The first kappa shape index (κ1) is 10.9. The SMILES string of the molecule is CC(CBr)CN1CC2CCC(O)C2C1. The Morgan fingerprint density at radius 2 is 2.21 bits per heavy atom. The van der Waals surface area contributed by atoms with Gasteiger partial charge >= 0.3 is 0 Å². The second-order valence-electron chi connectivity index (χ2n) is 5.05. The lowest BCUT2D eigenvalue weighted by Gasteiger charge is -2.20. The molecule has 0 aromatic rings. The van der Waals surface area contributed by atoms with Crippen LogP contribution in [0.1, 0.15) is 19.8 Å². The molecule has 1 aliphatic carbocycles. The van der Waals surface area contributed by atoms with Gasteiger partial charge in [-0.2, -0.15) is 0 Å². The summed E-state index contributed by atoms with van der Waals surface area (Å²) in [6.45, 7) is 5.81. The third-order valence-electron chi connectivity index (χ3n) is 3.73. The minimum absolute atomic E-state index is 0.00993. The van der Waals surface area contributed by atoms with E-state index in [9.17, 15) is 5.11 Å². The van der Waals surface area contributed by atoms with Gasteiger partial charge in [0, 0.05) is 30.9 Å². The second kappa shape index (κ2) is 4.50. The molecule has 2 nitrogen and oxygen atoms in total. The molecule has 4 unspecified atom stereocenters. The van der Waals surface area contributed by atoms with Crippen molar-refractivity contribution in [2.24, 2.45) is 17.8 Å². The van der Waals surface area contributed by atoms with Crippen LogP contribution >= 0.6 is 15.9 Å². The Morgan fingerprint density at radius 3 is 2.86 bits per heavy atom. The molecule has 82 valence electrons. The van der Waals surface area contributed by atoms with Crippen LogP contribution in [0, 0.1) is 17.8 Å². The third-order valence-corrected chi connectivity index (χ3v) is 4.83. The normalized spacial score (nSPS) is 40.1. The molecular weight excluding hydrogens is 242 g/mol. The molecular formula is C11H20BrNO. The number of hydrogen-bond donors (Lipinski definition) is 1. The van der Waals surface area contributed by atoms with Crippen molar-refractivity contribution < 1.29 is 5.11 Å². The van der Waals surface area contributed by atoms with Gasteiger partial charge in [0.1, 0.15) is 0 Å². The van der Waals surface area contributed by atoms with Gasteiger partial charge in [-0.05, 0) is 24.7 Å². The molecule has 0 aromatic carbocycles. The Labute approximate surface area is 94.8 Å². The molecule has 1 heterocycles. The van der Waals surface area contributed by atoms with Crippen LogP contribution in [-0.4, -0.2) is 41.1 Å². The average molecular weight is 262 g/mol. The van der Waals surface area contributed by atoms with E-state index in [0.717, 1.165) is 30.1 Å². The second-order valence-corrected chi connectivity index (χ2v) is 5.69. The van der Waals surface area contributed by atoms with Crippen LogP contribution in [0.4, 0.5) is 0 Å². The summed E-state index contributed by atoms with van der Waals surface area (Å²) in [4.78, 5) is 2.53. The first-order valence-corrected chi connectivity index (χ1v) is 6.79. The lowest BCUT2D eigenvalue weighted by atomic mass is 10.00. The van der Waals surface area contributed by atoms with Crippen molar-refractivity contribution in [3.63, 3.8) is 0 Å². The number of rotatable bonds is 3. The standard InChI is InChI=1S/C11H20BrNO/c1-8(4-12)5-13-6-9-2-3-11(14)10(9)7-13/h8-11,14H,2-7H2,1H3. The van der Waals surface area contributed by atoms with Crippen LogP contribution in [0.5, 0.6) is 0 Å². The van der Waals surface area contributed by atoms with E-state index in [0.29, 0.717) is 5.92 Å². The highest BCUT2D eigenvalue weighted by Crippen LogP contribution is 2.38. The van der Waals surface area contributed by atoms with Crippen molar-refractivity contribution in [3.8, 4) is 0 Å². The highest BCUT2D eigenvalue weighted by molar-refractivity contribution is 9.09. The summed E-state index contributed by atoms with van der Waals surface area (Å²) >= 11 is 3.52. The molecule has 0 bridgehead atoms. The zero-order valence-corrected chi connectivity index (χ0v) is 10.4. The molecule has 3 heteroatoms. The lowest BCUT2D eigenvalue weighted by Crippen LogP contribution is -2.29. The predicted molar refractivity (Wildman–Crippen MR) is 61.6 cm³/mol. The van der Waals surface area contributed by atoms with Crippen LogP contribution in [0.15, 0.2) is 0 Å². The van der Waals surface area contributed by atoms with E-state index >= 15 is 0 Å². The van der Waals surface area contributed by atoms with Crippen molar-refractivity contribution in [3.05, 3.63) is 0 Å². The maximum Gasteiger partial charge on any atom is 0.0583 e. The summed E-state index contributed by atoms with van der Waals surface area (Å²) in [6.07, 6.45) is 2.27. The fourth-order valence-corrected chi connectivity index (χ4v) is 3.17. The van der Waals surface area contributed by atoms with E-state index in [2.05, 4.69) is 27.8 Å². The number of halogens is 1. The third kappa shape index (κ3) is 2.15. The van der Waals surface area contributed by atoms with Gasteiger partial charge in [0.2, 0.25) is 0 Å². The van der Waals surface area contributed by atoms with E-state index in [1.54, 1.807) is 0 Å². The van der Waals surface area contributed by atoms with Gasteiger partial charge in [0.15, 0.2) is 0 Å². The number of aliphatic hydroxyl groups is 1. The molecule has 4 atom stereocenters. The summed E-state index contributed by atoms with van der Waals surface area (Å²) in [5, 5.41) is 10.9. The first-order chi connectivity index (χ1) is 6.70. The molecule has 2 rings (SSSR count). The van der Waals surface area contributed by atoms with Crippen molar-refractivity contribution in [2.45, 2.75) is 25.9 Å². The van der Waals surface area contributed by atoms with E-state index in [1.807, 2.05) is 0 Å². The Balaban J connectivity index is 1.83. The smallest absolute Gasteiger partial charge is 0.0583 e. The number of likely N-dealkylation sites (tertiary alicyclic amines) is 1. The van der Waals surface area contributed by atoms with E-state index in [-0.39, 0.29) is 6.10 Å². The Bertz CT molecular complexity index is 200. The molecule has 0 radical (unpaired) electrons. The number of aliphatic hydroxyl groups excluding tert-OH is 1. The lowest BCUT2D eigenvalue weighted by molar-refractivity contribution is 0.123. The molecule has 1 saturated carbocycles. The molecule has 1 saturated heterocycles. The molecule has 2 aliphatic rings. The van der Waals surface area contributed by atoms with E-state index in [4.69, 9.17) is 0 Å². The van der Waals surface area contributed by atoms with Gasteiger partial charge in [-0.15, -0.1) is 0 Å². The van der Waals surface area contributed by atoms with Crippen LogP contribution in [0.25, 0.3) is 0 Å². The van der Waals surface area contributed by atoms with Gasteiger partial charge in [-0.1, -0.05) is 22.9 Å². The monoisotopic (exact) mass is 261 g/mol. The van der Waals surface area contributed by atoms with Gasteiger partial charge in [0.05, 0.1) is 6.10 Å². The van der Waals surface area contributed by atoms with Crippen LogP contribution in [0.3, 0.4) is 0 Å². The minimum Gasteiger partial charge on any atom is -0.393 e. The quantitative estimate of drug-likeness (QED) is 0.783. The Hall–Kier alpha value is 0.400. The number of nitrogens with zero attached hydrogens (tertiary/aromatic N) is 1. The largest absolute Gasteiger partial charge is 0.393 e. The van der Waals surface area contributed by atoms with Crippen molar-refractivity contribution in [1.82, 2.24) is 4.90 Å². The summed E-state index contributed by atoms with van der Waals surface area (Å²) in [7, 11) is 0. The Kier molecular flexibility index (Phi) is 3.50. The predicted octanol–water partition coefficient (Wildman–Crippen LogP) is 1.72. The molecule has 1 N–H and O–H groups in total. The summed E-state index contributed by atoms with van der Waals surface area (Å²) in [5.74, 6) is 2.09. The van der Waals surface area contributed by atoms with Crippen LogP contribution < -0.4 is 0 Å². The zero-order valence-electron chi connectivity index (χ0n) is 8.82. The maximum absolute atomic E-state index is 9.77. The van der Waals surface area contributed by atoms with Gasteiger partial charge in [-0.25, -0.2) is 0 Å². The minimum atomic E-state index is -0.00993. The summed E-state index contributed by atoms with van der Waals surface area (Å²) in [6, 6.07) is 0. The zero-order chi connectivity index (χ0) is 10.1. The maximum atomic E-state index is 9.77. The number of hydrogen-bond acceptors (Lipinski definition) is 2. The highest BCUT2D eigenvalue weighted by Gasteiger charge is 2.41. The topological polar surface area (TPSA) is 23.5 Å². The fraction of sp³-hybridized carbons (Fsp3) is 1.00. The summed E-state index contributed by atoms with van der Waals surface area (Å²) in [5.41, 5.74) is 0. The Morgan fingerprint density at radius 1 is 1.43 bits per heavy atom. The molecule has 0 spiro atoms. The van der Waals surface area contributed by atoms with Gasteiger partial charge in [-0.3, -0.25) is 0 Å². The van der Waals surface area contributed by atoms with Crippen molar-refractivity contribution in [1.29, 1.82) is 0 Å². The molecule has 14 heavy (non-hydrogen) atoms. The molecule has 0 aromatic heterocycles. The van der Waals surface area contributed by atoms with Crippen LogP contribution in [-0.2, 0) is 0 Å². The van der Waals surface area contributed by atoms with Gasteiger partial charge < -0.3 is 10.0 Å². The van der Waals surface area contributed by atoms with Crippen LogP contribution in [0.2, 0.25) is 0 Å². The summed E-state index contributed by atoms with van der Waals surface area (Å²) < 4.78 is 0. The number of fused-ring (bicyclic) bond motifs is 1. The molecule has 2 fully saturated rings. The van der Waals surface area contributed by atoms with E-state index < -0.39 is 0 Å². The first-order valence-electron chi connectivity index (χ1n) is 5.67. The van der Waals surface area contributed by atoms with Crippen molar-refractivity contribution >= 4 is 15.9 Å². The number of alkyl halides is 1. The van der Waals surface area contributed by atoms with Gasteiger partial charge in [0.25, 0.3) is 0 Å². The van der Waals surface area contributed by atoms with Crippen molar-refractivity contribution in [2.75, 3.05) is 25.0 Å². The average Bonchev–Trinajstić information content (AvgIpc) is 2.69. The highest BCUT2D eigenvalue weighted by atomic mass is 79.9.